The molecule has 7 heteroatoms. The first-order chi connectivity index (χ1) is 14.1. The second-order valence-corrected chi connectivity index (χ2v) is 11.6. The van der Waals surface area contributed by atoms with Crippen LogP contribution in [0.1, 0.15) is 64.3 Å². The summed E-state index contributed by atoms with van der Waals surface area (Å²) < 4.78 is 7.83. The normalized spacial score (nSPS) is 37.1. The van der Waals surface area contributed by atoms with E-state index in [1.54, 1.807) is 11.8 Å². The number of ketones is 1. The molecule has 7 rings (SSSR count). The second-order valence-electron chi connectivity index (χ2n) is 10.3. The van der Waals surface area contributed by atoms with Gasteiger partial charge in [-0.05, 0) is 76.0 Å². The summed E-state index contributed by atoms with van der Waals surface area (Å²) in [4.78, 5) is 16.0. The van der Waals surface area contributed by atoms with E-state index in [-0.39, 0.29) is 10.7 Å². The number of anilines is 1. The van der Waals surface area contributed by atoms with Gasteiger partial charge in [-0.2, -0.15) is 0 Å². The van der Waals surface area contributed by atoms with Crippen LogP contribution in [0, 0.1) is 23.2 Å². The predicted octanol–water partition coefficient (Wildman–Crippen LogP) is 3.72. The van der Waals surface area contributed by atoms with Crippen LogP contribution >= 0.6 is 11.8 Å². The van der Waals surface area contributed by atoms with Crippen molar-refractivity contribution < 1.29 is 9.53 Å². The van der Waals surface area contributed by atoms with Crippen molar-refractivity contribution >= 4 is 23.5 Å². The lowest BCUT2D eigenvalue weighted by molar-refractivity contribution is -0.143. The monoisotopic (exact) mass is 416 g/mol. The fourth-order valence-corrected chi connectivity index (χ4v) is 8.14. The zero-order valence-electron chi connectivity index (χ0n) is 17.4. The third kappa shape index (κ3) is 3.23. The quantitative estimate of drug-likeness (QED) is 0.659. The number of Topliss-reactive ketones (excluding diaryl/α,β-unsaturated/α-hetero) is 1. The highest BCUT2D eigenvalue weighted by molar-refractivity contribution is 8.00. The van der Waals surface area contributed by atoms with Crippen LogP contribution in [0.4, 0.5) is 5.95 Å². The summed E-state index contributed by atoms with van der Waals surface area (Å²) in [6.45, 7) is 5.36. The molecule has 0 radical (unpaired) electrons. The predicted molar refractivity (Wildman–Crippen MR) is 112 cm³/mol. The van der Waals surface area contributed by atoms with Crippen LogP contribution < -0.4 is 4.90 Å². The first kappa shape index (κ1) is 18.7. The SMILES string of the molecule is C[C@@H](Sc1nnc(N2CCOCC2)n1C1CC1)C(=O)C12CC3CC(CC(C3)C1)C2. The van der Waals surface area contributed by atoms with Crippen LogP contribution in [-0.2, 0) is 9.53 Å². The second kappa shape index (κ2) is 6.98. The van der Waals surface area contributed by atoms with Crippen LogP contribution in [0.2, 0.25) is 0 Å². The van der Waals surface area contributed by atoms with Crippen molar-refractivity contribution in [1.82, 2.24) is 14.8 Å². The summed E-state index contributed by atoms with van der Waals surface area (Å²) in [5, 5.41) is 10.0. The van der Waals surface area contributed by atoms with Gasteiger partial charge in [-0.1, -0.05) is 11.8 Å². The smallest absolute Gasteiger partial charge is 0.228 e. The van der Waals surface area contributed by atoms with Crippen LogP contribution in [0.25, 0.3) is 0 Å². The van der Waals surface area contributed by atoms with Crippen LogP contribution in [0.15, 0.2) is 5.16 Å². The number of aromatic nitrogens is 3. The average Bonchev–Trinajstić information content (AvgIpc) is 3.47. The molecule has 0 N–H and O–H groups in total. The molecule has 0 aromatic carbocycles. The lowest BCUT2D eigenvalue weighted by Crippen LogP contribution is -2.51. The molecule has 5 aliphatic carbocycles. The van der Waals surface area contributed by atoms with Crippen molar-refractivity contribution in [2.75, 3.05) is 31.2 Å². The van der Waals surface area contributed by atoms with Crippen LogP contribution in [0.5, 0.6) is 0 Å². The Bertz CT molecular complexity index is 763. The van der Waals surface area contributed by atoms with E-state index in [2.05, 4.69) is 26.6 Å². The van der Waals surface area contributed by atoms with Gasteiger partial charge in [0.15, 0.2) is 10.9 Å². The summed E-state index contributed by atoms with van der Waals surface area (Å²) in [5.74, 6) is 3.91. The summed E-state index contributed by atoms with van der Waals surface area (Å²) in [6, 6.07) is 0.507. The topological polar surface area (TPSA) is 60.2 Å². The van der Waals surface area contributed by atoms with E-state index in [0.29, 0.717) is 11.8 Å². The van der Waals surface area contributed by atoms with E-state index in [4.69, 9.17) is 4.74 Å². The first-order valence-corrected chi connectivity index (χ1v) is 12.5. The van der Waals surface area contributed by atoms with Gasteiger partial charge in [-0.25, -0.2) is 0 Å². The molecule has 1 aliphatic heterocycles. The Hall–Kier alpha value is -1.08. The van der Waals surface area contributed by atoms with Gasteiger partial charge < -0.3 is 9.64 Å². The van der Waals surface area contributed by atoms with Crippen molar-refractivity contribution in [3.05, 3.63) is 0 Å². The van der Waals surface area contributed by atoms with E-state index >= 15 is 0 Å². The number of carbonyl (C=O) groups excluding carboxylic acids is 1. The lowest BCUT2D eigenvalue weighted by Gasteiger charge is -2.56. The molecule has 0 unspecified atom stereocenters. The van der Waals surface area contributed by atoms with Gasteiger partial charge in [-0.15, -0.1) is 10.2 Å². The number of nitrogens with zero attached hydrogens (tertiary/aromatic N) is 4. The Labute approximate surface area is 177 Å². The molecule has 158 valence electrons. The number of ether oxygens (including phenoxy) is 1. The van der Waals surface area contributed by atoms with Crippen molar-refractivity contribution in [3.63, 3.8) is 0 Å². The molecule has 5 saturated carbocycles. The minimum absolute atomic E-state index is 0.0291. The Morgan fingerprint density at radius 1 is 1.07 bits per heavy atom. The fraction of sp³-hybridized carbons (Fsp3) is 0.864. The maximum atomic E-state index is 13.7. The molecule has 0 spiro atoms. The van der Waals surface area contributed by atoms with E-state index in [9.17, 15) is 4.79 Å². The fourth-order valence-electron chi connectivity index (χ4n) is 7.04. The number of rotatable bonds is 6. The molecule has 1 saturated heterocycles. The zero-order chi connectivity index (χ0) is 19.6. The zero-order valence-corrected chi connectivity index (χ0v) is 18.2. The Kier molecular flexibility index (Phi) is 4.49. The minimum Gasteiger partial charge on any atom is -0.378 e. The molecule has 6 fully saturated rings. The number of hydrogen-bond acceptors (Lipinski definition) is 6. The maximum Gasteiger partial charge on any atom is 0.228 e. The van der Waals surface area contributed by atoms with Gasteiger partial charge in [0.25, 0.3) is 0 Å². The summed E-state index contributed by atoms with van der Waals surface area (Å²) >= 11 is 1.66. The molecule has 6 aliphatic rings. The highest BCUT2D eigenvalue weighted by Gasteiger charge is 2.55. The molecule has 6 nitrogen and oxygen atoms in total. The van der Waals surface area contributed by atoms with Gasteiger partial charge in [0, 0.05) is 24.5 Å². The summed E-state index contributed by atoms with van der Waals surface area (Å²) in [5.41, 5.74) is -0.0291. The van der Waals surface area contributed by atoms with Gasteiger partial charge in [0.1, 0.15) is 0 Å². The molecular weight excluding hydrogens is 384 g/mol. The third-order valence-electron chi connectivity index (χ3n) is 8.06. The van der Waals surface area contributed by atoms with Crippen molar-refractivity contribution in [1.29, 1.82) is 0 Å². The number of carbonyl (C=O) groups is 1. The number of thioether (sulfide) groups is 1. The van der Waals surface area contributed by atoms with Crippen LogP contribution in [0.3, 0.4) is 0 Å². The highest BCUT2D eigenvalue weighted by Crippen LogP contribution is 2.61. The van der Waals surface area contributed by atoms with Crippen molar-refractivity contribution in [3.8, 4) is 0 Å². The Morgan fingerprint density at radius 2 is 1.69 bits per heavy atom. The standard InChI is InChI=1S/C22H32N4O2S/c1-14(19(27)22-11-15-8-16(12-22)10-17(9-15)13-22)29-21-24-23-20(26(21)18-2-3-18)25-4-6-28-7-5-25/h14-18H,2-13H2,1H3/t14-,15?,16?,17?,22?/m1/s1. The first-order valence-electron chi connectivity index (χ1n) is 11.6. The highest BCUT2D eigenvalue weighted by atomic mass is 32.2. The van der Waals surface area contributed by atoms with Gasteiger partial charge in [-0.3, -0.25) is 9.36 Å². The lowest BCUT2D eigenvalue weighted by atomic mass is 9.48. The van der Waals surface area contributed by atoms with E-state index in [1.807, 2.05) is 0 Å². The van der Waals surface area contributed by atoms with E-state index in [1.165, 1.54) is 32.1 Å². The van der Waals surface area contributed by atoms with Gasteiger partial charge in [0.05, 0.1) is 18.5 Å². The average molecular weight is 417 g/mol. The molecule has 0 amide bonds. The van der Waals surface area contributed by atoms with Gasteiger partial charge in [0.2, 0.25) is 5.95 Å². The molecule has 1 aromatic rings. The van der Waals surface area contributed by atoms with E-state index in [0.717, 1.165) is 74.4 Å². The largest absolute Gasteiger partial charge is 0.378 e. The van der Waals surface area contributed by atoms with Crippen molar-refractivity contribution in [2.24, 2.45) is 23.2 Å². The maximum absolute atomic E-state index is 13.7. The van der Waals surface area contributed by atoms with Gasteiger partial charge >= 0.3 is 0 Å². The van der Waals surface area contributed by atoms with Crippen molar-refractivity contribution in [2.45, 2.75) is 74.7 Å². The van der Waals surface area contributed by atoms with Crippen LogP contribution in [-0.4, -0.2) is 52.1 Å². The van der Waals surface area contributed by atoms with E-state index < -0.39 is 0 Å². The third-order valence-corrected chi connectivity index (χ3v) is 9.12. The number of morpholine rings is 1. The molecule has 2 heterocycles. The molecular formula is C22H32N4O2S. The Morgan fingerprint density at radius 3 is 2.28 bits per heavy atom. The summed E-state index contributed by atoms with van der Waals surface area (Å²) in [6.07, 6.45) is 9.98. The summed E-state index contributed by atoms with van der Waals surface area (Å²) in [7, 11) is 0. The molecule has 29 heavy (non-hydrogen) atoms. The molecule has 1 atom stereocenters. The minimum atomic E-state index is -0.0366. The molecule has 1 aromatic heterocycles. The Balaban J connectivity index is 1.22. The number of hydrogen-bond donors (Lipinski definition) is 0. The molecule has 4 bridgehead atoms.